The molecule has 1 saturated heterocycles. The fourth-order valence-corrected chi connectivity index (χ4v) is 3.75. The Morgan fingerprint density at radius 1 is 1.00 bits per heavy atom. The summed E-state index contributed by atoms with van der Waals surface area (Å²) in [6.07, 6.45) is 9.97. The first-order chi connectivity index (χ1) is 17.2. The Hall–Kier alpha value is -4.44. The molecule has 0 radical (unpaired) electrons. The van der Waals surface area contributed by atoms with Gasteiger partial charge in [0.15, 0.2) is 0 Å². The fraction of sp³-hybridized carbons (Fsp3) is 0.200. The molecule has 0 atom stereocenters. The lowest BCUT2D eigenvalue weighted by molar-refractivity contribution is -0.111. The summed E-state index contributed by atoms with van der Waals surface area (Å²) in [4.78, 5) is 36.8. The van der Waals surface area contributed by atoms with Crippen molar-refractivity contribution < 1.29 is 9.53 Å². The quantitative estimate of drug-likeness (QED) is 0.409. The monoisotopic (exact) mass is 468 g/mol. The smallest absolute Gasteiger partial charge is 0.248 e. The van der Waals surface area contributed by atoms with Crippen LogP contribution in [0, 0.1) is 0 Å². The van der Waals surface area contributed by atoms with Crippen molar-refractivity contribution >= 4 is 40.0 Å². The SMILES string of the molecule is C/C=C/C(=O)Nc1ccnc(-c2nccc3cnc(Nc4ccc(N5CCOCC5)nc4)nc23)c1. The van der Waals surface area contributed by atoms with E-state index >= 15 is 0 Å². The number of nitrogens with zero attached hydrogens (tertiary/aromatic N) is 6. The standard InChI is InChI=1S/C25H24N8O2/c1-2-3-22(34)30-18-7-9-26-20(14-18)24-23-17(6-8-27-24)15-29-25(32-23)31-19-4-5-21(28-16-19)33-10-12-35-13-11-33/h2-9,14-16H,10-13H2,1H3,(H,26,30,34)(H,29,31,32)/b3-2+. The average molecular weight is 469 g/mol. The Kier molecular flexibility index (Phi) is 6.53. The number of hydrogen-bond donors (Lipinski definition) is 2. The molecule has 1 amide bonds. The van der Waals surface area contributed by atoms with E-state index in [0.29, 0.717) is 41.8 Å². The zero-order valence-corrected chi connectivity index (χ0v) is 19.2. The first kappa shape index (κ1) is 22.4. The highest BCUT2D eigenvalue weighted by molar-refractivity contribution is 5.99. The number of pyridine rings is 3. The molecule has 0 bridgehead atoms. The van der Waals surface area contributed by atoms with Gasteiger partial charge in [0.2, 0.25) is 11.9 Å². The van der Waals surface area contributed by atoms with Crippen LogP contribution in [-0.2, 0) is 9.53 Å². The van der Waals surface area contributed by atoms with Gasteiger partial charge in [-0.15, -0.1) is 0 Å². The molecule has 1 aliphatic heterocycles. The van der Waals surface area contributed by atoms with E-state index in [1.165, 1.54) is 6.08 Å². The lowest BCUT2D eigenvalue weighted by Gasteiger charge is -2.27. The van der Waals surface area contributed by atoms with Crippen LogP contribution >= 0.6 is 0 Å². The number of ether oxygens (including phenoxy) is 1. The molecule has 0 aliphatic carbocycles. The van der Waals surface area contributed by atoms with Crippen LogP contribution in [0.1, 0.15) is 6.92 Å². The van der Waals surface area contributed by atoms with E-state index in [4.69, 9.17) is 9.72 Å². The summed E-state index contributed by atoms with van der Waals surface area (Å²) in [7, 11) is 0. The van der Waals surface area contributed by atoms with Crippen LogP contribution in [0.4, 0.5) is 23.1 Å². The van der Waals surface area contributed by atoms with Gasteiger partial charge in [-0.05, 0) is 43.3 Å². The summed E-state index contributed by atoms with van der Waals surface area (Å²) >= 11 is 0. The number of fused-ring (bicyclic) bond motifs is 1. The fourth-order valence-electron chi connectivity index (χ4n) is 3.75. The van der Waals surface area contributed by atoms with Crippen molar-refractivity contribution in [2.24, 2.45) is 0 Å². The van der Waals surface area contributed by atoms with Crippen LogP contribution in [0.25, 0.3) is 22.3 Å². The van der Waals surface area contributed by atoms with Gasteiger partial charge in [-0.25, -0.2) is 15.0 Å². The highest BCUT2D eigenvalue weighted by Crippen LogP contribution is 2.26. The normalized spacial score (nSPS) is 13.8. The van der Waals surface area contributed by atoms with Crippen LogP contribution in [0.15, 0.2) is 67.3 Å². The summed E-state index contributed by atoms with van der Waals surface area (Å²) in [6.45, 7) is 4.87. The number of hydrogen-bond acceptors (Lipinski definition) is 9. The van der Waals surface area contributed by atoms with E-state index in [-0.39, 0.29) is 5.91 Å². The molecule has 0 unspecified atom stereocenters. The predicted molar refractivity (Wildman–Crippen MR) is 135 cm³/mol. The summed E-state index contributed by atoms with van der Waals surface area (Å²) in [5.41, 5.74) is 3.23. The Balaban J connectivity index is 1.40. The van der Waals surface area contributed by atoms with Crippen LogP contribution in [0.3, 0.4) is 0 Å². The third-order valence-electron chi connectivity index (χ3n) is 5.43. The van der Waals surface area contributed by atoms with Crippen LogP contribution in [-0.4, -0.2) is 57.1 Å². The maximum atomic E-state index is 11.9. The number of morpholine rings is 1. The van der Waals surface area contributed by atoms with E-state index in [9.17, 15) is 4.79 Å². The Labute approximate surface area is 202 Å². The van der Waals surface area contributed by atoms with Crippen molar-refractivity contribution in [3.63, 3.8) is 0 Å². The second-order valence-corrected chi connectivity index (χ2v) is 7.84. The second kappa shape index (κ2) is 10.2. The Morgan fingerprint density at radius 2 is 1.86 bits per heavy atom. The maximum Gasteiger partial charge on any atom is 0.248 e. The van der Waals surface area contributed by atoms with Gasteiger partial charge in [0.25, 0.3) is 0 Å². The summed E-state index contributed by atoms with van der Waals surface area (Å²) in [5.74, 6) is 1.13. The molecule has 4 aromatic heterocycles. The minimum atomic E-state index is -0.211. The molecule has 10 nitrogen and oxygen atoms in total. The highest BCUT2D eigenvalue weighted by Gasteiger charge is 2.13. The molecule has 5 heterocycles. The van der Waals surface area contributed by atoms with Crippen molar-refractivity contribution in [1.82, 2.24) is 24.9 Å². The van der Waals surface area contributed by atoms with Gasteiger partial charge in [0, 0.05) is 42.8 Å². The zero-order chi connectivity index (χ0) is 24.0. The number of nitrogens with one attached hydrogen (secondary N) is 2. The van der Waals surface area contributed by atoms with Gasteiger partial charge in [-0.2, -0.15) is 0 Å². The van der Waals surface area contributed by atoms with Crippen molar-refractivity contribution in [1.29, 1.82) is 0 Å². The number of aromatic nitrogens is 5. The average Bonchev–Trinajstić information content (AvgIpc) is 2.89. The summed E-state index contributed by atoms with van der Waals surface area (Å²) in [5, 5.41) is 6.86. The predicted octanol–water partition coefficient (Wildman–Crippen LogP) is 3.58. The molecule has 5 rings (SSSR count). The number of rotatable bonds is 6. The maximum absolute atomic E-state index is 11.9. The van der Waals surface area contributed by atoms with Gasteiger partial charge in [-0.3, -0.25) is 14.8 Å². The third kappa shape index (κ3) is 5.22. The number of carbonyl (C=O) groups excluding carboxylic acids is 1. The summed E-state index contributed by atoms with van der Waals surface area (Å²) in [6, 6.07) is 9.27. The van der Waals surface area contributed by atoms with Crippen molar-refractivity contribution in [3.8, 4) is 11.4 Å². The van der Waals surface area contributed by atoms with E-state index in [1.807, 2.05) is 18.2 Å². The number of amides is 1. The van der Waals surface area contributed by atoms with Crippen LogP contribution in [0.5, 0.6) is 0 Å². The molecular formula is C25H24N8O2. The number of anilines is 4. The molecule has 1 aliphatic rings. The second-order valence-electron chi connectivity index (χ2n) is 7.84. The minimum Gasteiger partial charge on any atom is -0.378 e. The van der Waals surface area contributed by atoms with Gasteiger partial charge >= 0.3 is 0 Å². The van der Waals surface area contributed by atoms with Gasteiger partial charge in [0.05, 0.1) is 30.8 Å². The van der Waals surface area contributed by atoms with E-state index in [1.54, 1.807) is 49.9 Å². The largest absolute Gasteiger partial charge is 0.378 e. The van der Waals surface area contributed by atoms with Crippen LogP contribution < -0.4 is 15.5 Å². The minimum absolute atomic E-state index is 0.211. The molecule has 176 valence electrons. The lowest BCUT2D eigenvalue weighted by Crippen LogP contribution is -2.36. The molecule has 0 saturated carbocycles. The number of allylic oxidation sites excluding steroid dienone is 1. The molecule has 10 heteroatoms. The molecular weight excluding hydrogens is 444 g/mol. The van der Waals surface area contributed by atoms with Gasteiger partial charge < -0.3 is 20.3 Å². The molecule has 0 aromatic carbocycles. The molecule has 2 N–H and O–H groups in total. The first-order valence-corrected chi connectivity index (χ1v) is 11.3. The Morgan fingerprint density at radius 3 is 2.66 bits per heavy atom. The van der Waals surface area contributed by atoms with Crippen molar-refractivity contribution in [2.75, 3.05) is 41.8 Å². The molecule has 35 heavy (non-hydrogen) atoms. The van der Waals surface area contributed by atoms with E-state index in [0.717, 1.165) is 30.0 Å². The lowest BCUT2D eigenvalue weighted by atomic mass is 10.1. The van der Waals surface area contributed by atoms with Gasteiger partial charge in [-0.1, -0.05) is 6.08 Å². The van der Waals surface area contributed by atoms with Gasteiger partial charge in [0.1, 0.15) is 17.0 Å². The van der Waals surface area contributed by atoms with Crippen molar-refractivity contribution in [2.45, 2.75) is 6.92 Å². The molecule has 0 spiro atoms. The van der Waals surface area contributed by atoms with E-state index < -0.39 is 0 Å². The molecule has 1 fully saturated rings. The van der Waals surface area contributed by atoms with Crippen LogP contribution in [0.2, 0.25) is 0 Å². The highest BCUT2D eigenvalue weighted by atomic mass is 16.5. The summed E-state index contributed by atoms with van der Waals surface area (Å²) < 4.78 is 5.40. The third-order valence-corrected chi connectivity index (χ3v) is 5.43. The Bertz CT molecular complexity index is 1370. The zero-order valence-electron chi connectivity index (χ0n) is 19.2. The number of carbonyl (C=O) groups is 1. The van der Waals surface area contributed by atoms with Crippen molar-refractivity contribution in [3.05, 3.63) is 67.3 Å². The molecule has 4 aromatic rings. The first-order valence-electron chi connectivity index (χ1n) is 11.3. The van der Waals surface area contributed by atoms with E-state index in [2.05, 4.69) is 35.5 Å². The topological polar surface area (TPSA) is 118 Å².